The Bertz CT molecular complexity index is 1100. The van der Waals surface area contributed by atoms with Crippen LogP contribution < -0.4 is 10.2 Å². The quantitative estimate of drug-likeness (QED) is 0.642. The summed E-state index contributed by atoms with van der Waals surface area (Å²) in [6.45, 7) is 6.20. The summed E-state index contributed by atoms with van der Waals surface area (Å²) in [5.41, 5.74) is 0.0751. The minimum Gasteiger partial charge on any atom is -0.508 e. The van der Waals surface area contributed by atoms with Crippen molar-refractivity contribution < 1.29 is 23.0 Å². The topological polar surface area (TPSA) is 83.4 Å². The zero-order valence-electron chi connectivity index (χ0n) is 17.1. The van der Waals surface area contributed by atoms with E-state index in [-0.39, 0.29) is 5.56 Å². The van der Waals surface area contributed by atoms with Gasteiger partial charge in [-0.25, -0.2) is 4.98 Å². The molecule has 4 rings (SSSR count). The SMILES string of the molecule is Cc1nnc(N[C@H](C)c2cc(O)cc(C(F)(F)F)c2)c2cc(N3CCOCC3)ncc12. The van der Waals surface area contributed by atoms with E-state index in [0.29, 0.717) is 30.8 Å². The largest absolute Gasteiger partial charge is 0.508 e. The number of phenols is 1. The van der Waals surface area contributed by atoms with Crippen LogP contribution in [0, 0.1) is 6.92 Å². The number of phenolic OH excluding ortho intramolecular Hbond substituents is 1. The van der Waals surface area contributed by atoms with Crippen molar-refractivity contribution >= 4 is 22.4 Å². The molecule has 3 heterocycles. The van der Waals surface area contributed by atoms with Gasteiger partial charge in [-0.2, -0.15) is 18.3 Å². The minimum atomic E-state index is -4.55. The normalized spacial score (nSPS) is 15.8. The number of hydrogen-bond acceptors (Lipinski definition) is 7. The first-order valence-electron chi connectivity index (χ1n) is 9.86. The van der Waals surface area contributed by atoms with Gasteiger partial charge in [0, 0.05) is 30.1 Å². The Morgan fingerprint density at radius 2 is 1.84 bits per heavy atom. The first kappa shape index (κ1) is 21.1. The van der Waals surface area contributed by atoms with Crippen LogP contribution in [0.5, 0.6) is 5.75 Å². The number of nitrogens with one attached hydrogen (secondary N) is 1. The van der Waals surface area contributed by atoms with E-state index in [2.05, 4.69) is 25.4 Å². The number of rotatable bonds is 4. The van der Waals surface area contributed by atoms with E-state index >= 15 is 0 Å². The lowest BCUT2D eigenvalue weighted by Gasteiger charge is -2.28. The number of aryl methyl sites for hydroxylation is 1. The van der Waals surface area contributed by atoms with E-state index in [4.69, 9.17) is 4.74 Å². The number of aromatic nitrogens is 3. The maximum absolute atomic E-state index is 13.1. The fourth-order valence-corrected chi connectivity index (χ4v) is 3.57. The van der Waals surface area contributed by atoms with Gasteiger partial charge in [-0.1, -0.05) is 0 Å². The number of hydrogen-bond donors (Lipinski definition) is 2. The highest BCUT2D eigenvalue weighted by atomic mass is 19.4. The van der Waals surface area contributed by atoms with Gasteiger partial charge < -0.3 is 20.1 Å². The maximum Gasteiger partial charge on any atom is 0.416 e. The van der Waals surface area contributed by atoms with Crippen LogP contribution in [-0.2, 0) is 10.9 Å². The number of fused-ring (bicyclic) bond motifs is 1. The molecule has 2 aromatic heterocycles. The van der Waals surface area contributed by atoms with Crippen LogP contribution in [0.4, 0.5) is 24.8 Å². The summed E-state index contributed by atoms with van der Waals surface area (Å²) in [7, 11) is 0. The maximum atomic E-state index is 13.1. The summed E-state index contributed by atoms with van der Waals surface area (Å²) in [6.07, 6.45) is -2.82. The van der Waals surface area contributed by atoms with Crippen LogP contribution in [-0.4, -0.2) is 46.6 Å². The summed E-state index contributed by atoms with van der Waals surface area (Å²) in [5.74, 6) is 0.759. The lowest BCUT2D eigenvalue weighted by molar-refractivity contribution is -0.137. The smallest absolute Gasteiger partial charge is 0.416 e. The van der Waals surface area contributed by atoms with Gasteiger partial charge in [0.25, 0.3) is 0 Å². The summed E-state index contributed by atoms with van der Waals surface area (Å²) in [5, 5.41) is 22.9. The number of aromatic hydroxyl groups is 1. The average molecular weight is 433 g/mol. The van der Waals surface area contributed by atoms with Gasteiger partial charge in [0.05, 0.1) is 30.5 Å². The Hall–Kier alpha value is -3.14. The first-order chi connectivity index (χ1) is 14.7. The zero-order valence-corrected chi connectivity index (χ0v) is 17.1. The predicted octanol–water partition coefficient (Wildman–Crippen LogP) is 4.07. The van der Waals surface area contributed by atoms with E-state index in [1.54, 1.807) is 13.1 Å². The van der Waals surface area contributed by atoms with Crippen molar-refractivity contribution in [3.63, 3.8) is 0 Å². The summed E-state index contributed by atoms with van der Waals surface area (Å²) < 4.78 is 44.8. The molecule has 1 fully saturated rings. The van der Waals surface area contributed by atoms with Crippen molar-refractivity contribution in [2.75, 3.05) is 36.5 Å². The first-order valence-corrected chi connectivity index (χ1v) is 9.86. The van der Waals surface area contributed by atoms with Gasteiger partial charge in [0.1, 0.15) is 11.6 Å². The summed E-state index contributed by atoms with van der Waals surface area (Å²) in [6, 6.07) is 4.37. The van der Waals surface area contributed by atoms with Crippen molar-refractivity contribution in [2.45, 2.75) is 26.1 Å². The van der Waals surface area contributed by atoms with Crippen LogP contribution in [0.3, 0.4) is 0 Å². The Morgan fingerprint density at radius 1 is 1.10 bits per heavy atom. The number of halogens is 3. The molecule has 0 amide bonds. The number of nitrogens with zero attached hydrogens (tertiary/aromatic N) is 4. The molecule has 0 aliphatic carbocycles. The summed E-state index contributed by atoms with van der Waals surface area (Å²) in [4.78, 5) is 6.64. The lowest BCUT2D eigenvalue weighted by Crippen LogP contribution is -2.36. The molecule has 164 valence electrons. The fraction of sp³-hybridized carbons (Fsp3) is 0.381. The molecule has 0 unspecified atom stereocenters. The van der Waals surface area contributed by atoms with E-state index in [1.807, 2.05) is 13.0 Å². The molecule has 1 aliphatic rings. The van der Waals surface area contributed by atoms with Crippen LogP contribution in [0.2, 0.25) is 0 Å². The van der Waals surface area contributed by atoms with E-state index in [9.17, 15) is 18.3 Å². The molecule has 1 aliphatic heterocycles. The standard InChI is InChI=1S/C21H22F3N5O2/c1-12(14-7-15(21(22,23)24)9-16(30)8-14)26-20-17-10-19(29-3-5-31-6-4-29)25-11-18(17)13(2)27-28-20/h7-12,30H,3-6H2,1-2H3,(H,26,28)/t12-/m1/s1. The zero-order chi connectivity index (χ0) is 22.2. The van der Waals surface area contributed by atoms with Crippen molar-refractivity contribution in [3.8, 4) is 5.75 Å². The Kier molecular flexibility index (Phi) is 5.57. The average Bonchev–Trinajstić information content (AvgIpc) is 2.75. The Morgan fingerprint density at radius 3 is 2.55 bits per heavy atom. The number of anilines is 2. The minimum absolute atomic E-state index is 0.283. The third kappa shape index (κ3) is 4.48. The van der Waals surface area contributed by atoms with Gasteiger partial charge in [-0.3, -0.25) is 0 Å². The number of alkyl halides is 3. The van der Waals surface area contributed by atoms with Gasteiger partial charge in [0.15, 0.2) is 5.82 Å². The van der Waals surface area contributed by atoms with E-state index in [0.717, 1.165) is 35.7 Å². The van der Waals surface area contributed by atoms with Crippen molar-refractivity contribution in [1.82, 2.24) is 15.2 Å². The molecular formula is C21H22F3N5O2. The number of ether oxygens (including phenoxy) is 1. The summed E-state index contributed by atoms with van der Waals surface area (Å²) >= 11 is 0. The molecule has 7 nitrogen and oxygen atoms in total. The van der Waals surface area contributed by atoms with E-state index in [1.165, 1.54) is 6.07 Å². The van der Waals surface area contributed by atoms with Crippen LogP contribution in [0.1, 0.15) is 29.8 Å². The molecular weight excluding hydrogens is 411 g/mol. The molecule has 0 saturated carbocycles. The predicted molar refractivity (Wildman–Crippen MR) is 110 cm³/mol. The highest BCUT2D eigenvalue weighted by molar-refractivity contribution is 5.94. The molecule has 0 radical (unpaired) electrons. The lowest BCUT2D eigenvalue weighted by atomic mass is 10.0. The van der Waals surface area contributed by atoms with Gasteiger partial charge in [-0.15, -0.1) is 5.10 Å². The highest BCUT2D eigenvalue weighted by Gasteiger charge is 2.31. The molecule has 3 aromatic rings. The number of pyridine rings is 1. The Labute approximate surface area is 176 Å². The molecule has 10 heteroatoms. The van der Waals surface area contributed by atoms with Gasteiger partial charge in [-0.05, 0) is 43.7 Å². The van der Waals surface area contributed by atoms with Crippen LogP contribution in [0.25, 0.3) is 10.8 Å². The second-order valence-corrected chi connectivity index (χ2v) is 7.50. The third-order valence-electron chi connectivity index (χ3n) is 5.29. The molecule has 1 aromatic carbocycles. The van der Waals surface area contributed by atoms with Crippen LogP contribution >= 0.6 is 0 Å². The van der Waals surface area contributed by atoms with Crippen molar-refractivity contribution in [2.24, 2.45) is 0 Å². The molecule has 0 bridgehead atoms. The number of morpholine rings is 1. The fourth-order valence-electron chi connectivity index (χ4n) is 3.57. The molecule has 2 N–H and O–H groups in total. The second-order valence-electron chi connectivity index (χ2n) is 7.50. The molecule has 0 spiro atoms. The number of benzene rings is 1. The monoisotopic (exact) mass is 433 g/mol. The third-order valence-corrected chi connectivity index (χ3v) is 5.29. The van der Waals surface area contributed by atoms with Crippen molar-refractivity contribution in [1.29, 1.82) is 0 Å². The van der Waals surface area contributed by atoms with Gasteiger partial charge >= 0.3 is 6.18 Å². The van der Waals surface area contributed by atoms with Crippen LogP contribution in [0.15, 0.2) is 30.5 Å². The Balaban J connectivity index is 1.69. The second kappa shape index (κ2) is 8.18. The molecule has 1 atom stereocenters. The highest BCUT2D eigenvalue weighted by Crippen LogP contribution is 2.35. The van der Waals surface area contributed by atoms with E-state index < -0.39 is 23.5 Å². The molecule has 1 saturated heterocycles. The van der Waals surface area contributed by atoms with Crippen molar-refractivity contribution in [3.05, 3.63) is 47.3 Å². The molecule has 31 heavy (non-hydrogen) atoms. The van der Waals surface area contributed by atoms with Gasteiger partial charge in [0.2, 0.25) is 0 Å².